The first-order valence-corrected chi connectivity index (χ1v) is 9.26. The Morgan fingerprint density at radius 3 is 2.38 bits per heavy atom. The minimum atomic E-state index is -0.510. The van der Waals surface area contributed by atoms with Crippen LogP contribution in [0.5, 0.6) is 0 Å². The van der Waals surface area contributed by atoms with E-state index in [4.69, 9.17) is 4.74 Å². The zero-order valence-corrected chi connectivity index (χ0v) is 15.7. The highest BCUT2D eigenvalue weighted by Gasteiger charge is 2.34. The number of piperidine rings is 1. The molecule has 1 saturated heterocycles. The Balaban J connectivity index is 1.93. The van der Waals surface area contributed by atoms with Crippen LogP contribution in [0.25, 0.3) is 0 Å². The Labute approximate surface area is 154 Å². The predicted octanol–water partition coefficient (Wildman–Crippen LogP) is 3.11. The van der Waals surface area contributed by atoms with Crippen molar-refractivity contribution in [2.24, 2.45) is 5.92 Å². The summed E-state index contributed by atoms with van der Waals surface area (Å²) in [4.78, 5) is 26.9. The van der Waals surface area contributed by atoms with Crippen LogP contribution in [0.15, 0.2) is 35.5 Å². The second-order valence-corrected chi connectivity index (χ2v) is 7.14. The van der Waals surface area contributed by atoms with E-state index >= 15 is 0 Å². The minimum absolute atomic E-state index is 0.00488. The Hall–Kier alpha value is -2.50. The van der Waals surface area contributed by atoms with Crippen molar-refractivity contribution in [2.75, 3.05) is 25.1 Å². The Morgan fingerprint density at radius 2 is 1.81 bits per heavy atom. The Kier molecular flexibility index (Phi) is 5.49. The van der Waals surface area contributed by atoms with Gasteiger partial charge >= 0.3 is 12.0 Å². The van der Waals surface area contributed by atoms with Gasteiger partial charge in [0, 0.05) is 24.5 Å². The van der Waals surface area contributed by atoms with Gasteiger partial charge in [0.2, 0.25) is 0 Å². The third kappa shape index (κ3) is 3.69. The number of nitrogens with one attached hydrogen (secondary N) is 2. The molecular weight excluding hydrogens is 330 g/mol. The molecule has 6 heteroatoms. The van der Waals surface area contributed by atoms with Crippen LogP contribution in [0.3, 0.4) is 0 Å². The molecule has 2 amide bonds. The van der Waals surface area contributed by atoms with E-state index in [0.717, 1.165) is 18.7 Å². The lowest BCUT2D eigenvalue weighted by Gasteiger charge is -2.32. The molecule has 2 N–H and O–H groups in total. The molecule has 0 saturated carbocycles. The molecule has 0 aromatic heterocycles. The molecule has 0 spiro atoms. The van der Waals surface area contributed by atoms with Gasteiger partial charge < -0.3 is 20.3 Å². The number of esters is 1. The molecule has 1 atom stereocenters. The molecule has 26 heavy (non-hydrogen) atoms. The monoisotopic (exact) mass is 357 g/mol. The van der Waals surface area contributed by atoms with Gasteiger partial charge in [-0.25, -0.2) is 9.59 Å². The summed E-state index contributed by atoms with van der Waals surface area (Å²) in [6.07, 6.45) is 3.74. The molecule has 0 radical (unpaired) electrons. The van der Waals surface area contributed by atoms with Crippen LogP contribution in [0.4, 0.5) is 10.5 Å². The van der Waals surface area contributed by atoms with E-state index in [9.17, 15) is 9.59 Å². The second kappa shape index (κ2) is 7.81. The van der Waals surface area contributed by atoms with Crippen molar-refractivity contribution >= 4 is 17.7 Å². The number of hydrogen-bond donors (Lipinski definition) is 2. The molecule has 6 nitrogen and oxygen atoms in total. The van der Waals surface area contributed by atoms with E-state index in [2.05, 4.69) is 27.7 Å². The SMILES string of the molecule is COC(=O)C1=C(C(C)C)NC(=O)NC1c1ccc(N2CCCCC2)cc1. The quantitative estimate of drug-likeness (QED) is 0.813. The van der Waals surface area contributed by atoms with Gasteiger partial charge in [-0.1, -0.05) is 26.0 Å². The maximum atomic E-state index is 12.4. The fraction of sp³-hybridized carbons (Fsp3) is 0.500. The summed E-state index contributed by atoms with van der Waals surface area (Å²) in [6, 6.07) is 7.30. The number of hydrogen-bond acceptors (Lipinski definition) is 4. The summed E-state index contributed by atoms with van der Waals surface area (Å²) >= 11 is 0. The molecule has 2 aliphatic heterocycles. The minimum Gasteiger partial charge on any atom is -0.466 e. The number of ether oxygens (including phenoxy) is 1. The molecule has 1 fully saturated rings. The van der Waals surface area contributed by atoms with Crippen molar-refractivity contribution in [2.45, 2.75) is 39.2 Å². The van der Waals surface area contributed by atoms with Crippen molar-refractivity contribution in [3.8, 4) is 0 Å². The first kappa shape index (κ1) is 18.3. The van der Waals surface area contributed by atoms with E-state index in [1.165, 1.54) is 32.1 Å². The zero-order valence-electron chi connectivity index (χ0n) is 15.7. The third-order valence-electron chi connectivity index (χ3n) is 5.03. The van der Waals surface area contributed by atoms with E-state index in [1.807, 2.05) is 26.0 Å². The fourth-order valence-electron chi connectivity index (χ4n) is 3.66. The summed E-state index contributed by atoms with van der Waals surface area (Å²) in [5.41, 5.74) is 3.14. The van der Waals surface area contributed by atoms with Crippen LogP contribution >= 0.6 is 0 Å². The largest absolute Gasteiger partial charge is 0.466 e. The number of carbonyl (C=O) groups excluding carboxylic acids is 2. The van der Waals surface area contributed by atoms with Crippen LogP contribution in [0.2, 0.25) is 0 Å². The highest BCUT2D eigenvalue weighted by atomic mass is 16.5. The molecule has 140 valence electrons. The number of carbonyl (C=O) groups is 2. The van der Waals surface area contributed by atoms with Gasteiger partial charge in [0.1, 0.15) is 0 Å². The zero-order chi connectivity index (χ0) is 18.7. The highest BCUT2D eigenvalue weighted by Crippen LogP contribution is 2.31. The van der Waals surface area contributed by atoms with Crippen molar-refractivity contribution in [3.05, 3.63) is 41.1 Å². The summed E-state index contributed by atoms with van der Waals surface area (Å²) in [5, 5.41) is 5.62. The summed E-state index contributed by atoms with van der Waals surface area (Å²) < 4.78 is 4.98. The van der Waals surface area contributed by atoms with Crippen molar-refractivity contribution < 1.29 is 14.3 Å². The van der Waals surface area contributed by atoms with Crippen LogP contribution in [-0.2, 0) is 9.53 Å². The van der Waals surface area contributed by atoms with E-state index in [1.54, 1.807) is 0 Å². The van der Waals surface area contributed by atoms with E-state index in [0.29, 0.717) is 11.3 Å². The molecule has 2 aliphatic rings. The van der Waals surface area contributed by atoms with Crippen molar-refractivity contribution in [3.63, 3.8) is 0 Å². The van der Waals surface area contributed by atoms with Gasteiger partial charge in [-0.3, -0.25) is 0 Å². The number of anilines is 1. The maximum absolute atomic E-state index is 12.4. The third-order valence-corrected chi connectivity index (χ3v) is 5.03. The standard InChI is InChI=1S/C20H27N3O3/c1-13(2)17-16(19(24)26-3)18(22-20(25)21-17)14-7-9-15(10-8-14)23-11-5-4-6-12-23/h7-10,13,18H,4-6,11-12H2,1-3H3,(H2,21,22,25). The van der Waals surface area contributed by atoms with Gasteiger partial charge in [-0.05, 0) is 42.9 Å². The molecule has 0 aliphatic carbocycles. The number of amides is 2. The fourth-order valence-corrected chi connectivity index (χ4v) is 3.66. The normalized spacial score (nSPS) is 20.7. The lowest BCUT2D eigenvalue weighted by Crippen LogP contribution is -2.47. The van der Waals surface area contributed by atoms with Crippen LogP contribution in [-0.4, -0.2) is 32.2 Å². The molecule has 1 unspecified atom stereocenters. The molecule has 3 rings (SSSR count). The van der Waals surface area contributed by atoms with Gasteiger partial charge in [-0.2, -0.15) is 0 Å². The molecule has 1 aromatic rings. The number of methoxy groups -OCH3 is 1. The van der Waals surface area contributed by atoms with Gasteiger partial charge in [0.15, 0.2) is 0 Å². The Morgan fingerprint density at radius 1 is 1.15 bits per heavy atom. The summed E-state index contributed by atoms with van der Waals surface area (Å²) in [7, 11) is 1.36. The van der Waals surface area contributed by atoms with Crippen LogP contribution in [0.1, 0.15) is 44.7 Å². The molecular formula is C20H27N3O3. The maximum Gasteiger partial charge on any atom is 0.337 e. The summed E-state index contributed by atoms with van der Waals surface area (Å²) in [6.45, 7) is 6.04. The first-order valence-electron chi connectivity index (χ1n) is 9.26. The van der Waals surface area contributed by atoms with E-state index < -0.39 is 12.0 Å². The van der Waals surface area contributed by atoms with E-state index in [-0.39, 0.29) is 11.9 Å². The average Bonchev–Trinajstić information content (AvgIpc) is 2.67. The number of urea groups is 1. The van der Waals surface area contributed by atoms with Crippen LogP contribution in [0, 0.1) is 5.92 Å². The lowest BCUT2D eigenvalue weighted by atomic mass is 9.91. The van der Waals surface area contributed by atoms with Crippen molar-refractivity contribution in [1.82, 2.24) is 10.6 Å². The second-order valence-electron chi connectivity index (χ2n) is 7.14. The number of rotatable bonds is 4. The van der Waals surface area contributed by atoms with Gasteiger partial charge in [0.25, 0.3) is 0 Å². The number of allylic oxidation sites excluding steroid dienone is 1. The number of nitrogens with zero attached hydrogens (tertiary/aromatic N) is 1. The predicted molar refractivity (Wildman–Crippen MR) is 101 cm³/mol. The number of benzene rings is 1. The van der Waals surface area contributed by atoms with Crippen LogP contribution < -0.4 is 15.5 Å². The lowest BCUT2D eigenvalue weighted by molar-refractivity contribution is -0.136. The topological polar surface area (TPSA) is 70.7 Å². The van der Waals surface area contributed by atoms with Crippen molar-refractivity contribution in [1.29, 1.82) is 0 Å². The molecule has 1 aromatic carbocycles. The average molecular weight is 357 g/mol. The molecule has 0 bridgehead atoms. The first-order chi connectivity index (χ1) is 12.5. The Bertz CT molecular complexity index is 704. The smallest absolute Gasteiger partial charge is 0.337 e. The van der Waals surface area contributed by atoms with Gasteiger partial charge in [-0.15, -0.1) is 0 Å². The summed E-state index contributed by atoms with van der Waals surface area (Å²) in [5.74, 6) is -0.420. The molecule has 2 heterocycles. The highest BCUT2D eigenvalue weighted by molar-refractivity contribution is 5.95. The van der Waals surface area contributed by atoms with Gasteiger partial charge in [0.05, 0.1) is 18.7 Å².